The molecule has 3 fully saturated rings. The first-order valence-electron chi connectivity index (χ1n) is 12.2. The molecule has 2 aromatic carbocycles. The first-order valence-corrected chi connectivity index (χ1v) is 12.6. The number of ether oxygens (including phenoxy) is 2. The largest absolute Gasteiger partial charge is 0.456 e. The Hall–Kier alpha value is -4.05. The summed E-state index contributed by atoms with van der Waals surface area (Å²) in [5.41, 5.74) is -0.0977. The SMILES string of the molecule is O=C(CN1C(=O)[C@@H]2[C@H]3C=C[C@@H]([C@@H]4C[C@@H]34)[C@@H]2C1=O)OCC(=O)c1ccc(Oc2c(Cl)cccc2[N+](=O)[O-])cc1. The fraction of sp³-hybridized carbons (Fsp3) is 0.333. The zero-order valence-electron chi connectivity index (χ0n) is 19.8. The van der Waals surface area contributed by atoms with E-state index in [9.17, 15) is 29.3 Å². The molecule has 6 atom stereocenters. The lowest BCUT2D eigenvalue weighted by Gasteiger charge is -2.37. The molecule has 5 aliphatic rings. The van der Waals surface area contributed by atoms with Gasteiger partial charge in [-0.15, -0.1) is 0 Å². The maximum atomic E-state index is 13.0. The van der Waals surface area contributed by atoms with E-state index < -0.39 is 41.7 Å². The van der Waals surface area contributed by atoms with Crippen LogP contribution < -0.4 is 4.74 Å². The second-order valence-electron chi connectivity index (χ2n) is 9.97. The first kappa shape index (κ1) is 24.3. The molecule has 0 N–H and O–H groups in total. The number of nitro groups is 1. The fourth-order valence-corrected chi connectivity index (χ4v) is 6.36. The molecule has 0 aromatic heterocycles. The Bertz CT molecular complexity index is 1380. The highest BCUT2D eigenvalue weighted by molar-refractivity contribution is 6.32. The van der Waals surface area contributed by atoms with Gasteiger partial charge in [0.15, 0.2) is 12.4 Å². The quantitative estimate of drug-likeness (QED) is 0.124. The number of nitro benzene ring substituents is 1. The van der Waals surface area contributed by atoms with Crippen LogP contribution in [-0.2, 0) is 19.1 Å². The number of nitrogens with zero attached hydrogens (tertiary/aromatic N) is 2. The fourth-order valence-electron chi connectivity index (χ4n) is 6.15. The summed E-state index contributed by atoms with van der Waals surface area (Å²) in [6, 6.07) is 9.84. The number of amides is 2. The molecule has 194 valence electrons. The van der Waals surface area contributed by atoms with Gasteiger partial charge in [0, 0.05) is 11.6 Å². The van der Waals surface area contributed by atoms with Gasteiger partial charge in [0.05, 0.1) is 21.8 Å². The van der Waals surface area contributed by atoms with Crippen LogP contribution in [0.4, 0.5) is 5.69 Å². The van der Waals surface area contributed by atoms with Crippen LogP contribution in [0.1, 0.15) is 16.8 Å². The number of esters is 1. The number of Topliss-reactive ketones (excluding diaryl/α,β-unsaturated/α-hetero) is 1. The minimum Gasteiger partial charge on any atom is -0.456 e. The Labute approximate surface area is 221 Å². The lowest BCUT2D eigenvalue weighted by atomic mass is 9.63. The summed E-state index contributed by atoms with van der Waals surface area (Å²) in [6.07, 6.45) is 5.16. The van der Waals surface area contributed by atoms with E-state index in [2.05, 4.69) is 12.2 Å². The van der Waals surface area contributed by atoms with Crippen LogP contribution in [-0.4, -0.2) is 46.5 Å². The third kappa shape index (κ3) is 3.96. The number of carbonyl (C=O) groups is 4. The second-order valence-corrected chi connectivity index (χ2v) is 10.4. The van der Waals surface area contributed by atoms with Gasteiger partial charge in [-0.1, -0.05) is 29.8 Å². The van der Waals surface area contributed by atoms with Crippen molar-refractivity contribution in [2.24, 2.45) is 35.5 Å². The Morgan fingerprint density at radius 3 is 2.24 bits per heavy atom. The molecule has 0 radical (unpaired) electrons. The van der Waals surface area contributed by atoms with Gasteiger partial charge in [-0.3, -0.25) is 34.2 Å². The maximum Gasteiger partial charge on any atom is 0.326 e. The molecule has 1 aliphatic heterocycles. The van der Waals surface area contributed by atoms with Crippen molar-refractivity contribution in [2.75, 3.05) is 13.2 Å². The third-order valence-electron chi connectivity index (χ3n) is 7.94. The van der Waals surface area contributed by atoms with Crippen molar-refractivity contribution in [3.05, 3.63) is 75.3 Å². The van der Waals surface area contributed by atoms with Gasteiger partial charge >= 0.3 is 11.7 Å². The van der Waals surface area contributed by atoms with Gasteiger partial charge in [-0.2, -0.15) is 0 Å². The number of benzene rings is 2. The predicted molar refractivity (Wildman–Crippen MR) is 131 cm³/mol. The average molecular weight is 537 g/mol. The summed E-state index contributed by atoms with van der Waals surface area (Å²) in [7, 11) is 0. The van der Waals surface area contributed by atoms with Gasteiger partial charge in [-0.05, 0) is 60.4 Å². The number of imide groups is 1. The number of hydrogen-bond acceptors (Lipinski definition) is 8. The highest BCUT2D eigenvalue weighted by Gasteiger charge is 2.67. The summed E-state index contributed by atoms with van der Waals surface area (Å²) in [5, 5.41) is 11.3. The molecular formula is C27H21ClN2O8. The zero-order valence-corrected chi connectivity index (χ0v) is 20.6. The normalized spacial score (nSPS) is 28.1. The Balaban J connectivity index is 1.04. The number of hydrogen-bond donors (Lipinski definition) is 0. The van der Waals surface area contributed by atoms with Gasteiger partial charge in [0.25, 0.3) is 0 Å². The van der Waals surface area contributed by atoms with E-state index in [1.807, 2.05) is 0 Å². The van der Waals surface area contributed by atoms with Crippen LogP contribution in [0.5, 0.6) is 11.5 Å². The van der Waals surface area contributed by atoms with E-state index in [4.69, 9.17) is 21.1 Å². The van der Waals surface area contributed by atoms with Crippen LogP contribution in [0.2, 0.25) is 5.02 Å². The van der Waals surface area contributed by atoms with Crippen LogP contribution in [0, 0.1) is 45.6 Å². The predicted octanol–water partition coefficient (Wildman–Crippen LogP) is 3.82. The molecule has 10 nitrogen and oxygen atoms in total. The van der Waals surface area contributed by atoms with Crippen LogP contribution in [0.15, 0.2) is 54.6 Å². The average Bonchev–Trinajstić information content (AvgIpc) is 3.69. The number of carbonyl (C=O) groups excluding carboxylic acids is 4. The highest BCUT2D eigenvalue weighted by Crippen LogP contribution is 2.65. The van der Waals surface area contributed by atoms with E-state index in [1.165, 1.54) is 42.5 Å². The van der Waals surface area contributed by atoms with Crippen molar-refractivity contribution in [3.8, 4) is 11.5 Å². The number of halogens is 1. The summed E-state index contributed by atoms with van der Waals surface area (Å²) in [6.45, 7) is -1.09. The third-order valence-corrected chi connectivity index (χ3v) is 8.24. The van der Waals surface area contributed by atoms with Crippen LogP contribution in [0.25, 0.3) is 0 Å². The molecule has 2 aromatic rings. The number of allylic oxidation sites excluding steroid dienone is 2. The van der Waals surface area contributed by atoms with E-state index >= 15 is 0 Å². The van der Waals surface area contributed by atoms with E-state index in [0.717, 1.165) is 11.3 Å². The minimum atomic E-state index is -0.838. The van der Waals surface area contributed by atoms with E-state index in [-0.39, 0.29) is 51.4 Å². The topological polar surface area (TPSA) is 133 Å². The van der Waals surface area contributed by atoms with Crippen molar-refractivity contribution in [1.82, 2.24) is 4.90 Å². The molecule has 0 unspecified atom stereocenters. The Morgan fingerprint density at radius 2 is 1.63 bits per heavy atom. The summed E-state index contributed by atoms with van der Waals surface area (Å²) in [5.74, 6) is -1.68. The smallest absolute Gasteiger partial charge is 0.326 e. The molecule has 2 amide bonds. The van der Waals surface area contributed by atoms with Gasteiger partial charge in [0.1, 0.15) is 12.3 Å². The molecule has 11 heteroatoms. The molecule has 2 saturated carbocycles. The lowest BCUT2D eigenvalue weighted by Crippen LogP contribution is -2.40. The number of likely N-dealkylation sites (tertiary alicyclic amines) is 1. The summed E-state index contributed by atoms with van der Waals surface area (Å²) in [4.78, 5) is 62.5. The Kier molecular flexibility index (Phi) is 5.79. The van der Waals surface area contributed by atoms with E-state index in [0.29, 0.717) is 11.8 Å². The first-order chi connectivity index (χ1) is 18.2. The second kappa shape index (κ2) is 9.05. The number of para-hydroxylation sites is 1. The highest BCUT2D eigenvalue weighted by atomic mass is 35.5. The van der Waals surface area contributed by atoms with Crippen molar-refractivity contribution in [3.63, 3.8) is 0 Å². The molecule has 1 heterocycles. The molecule has 2 bridgehead atoms. The molecular weight excluding hydrogens is 516 g/mol. The maximum absolute atomic E-state index is 13.0. The summed E-state index contributed by atoms with van der Waals surface area (Å²) >= 11 is 6.04. The van der Waals surface area contributed by atoms with Crippen molar-refractivity contribution >= 4 is 40.9 Å². The monoisotopic (exact) mass is 536 g/mol. The van der Waals surface area contributed by atoms with Crippen molar-refractivity contribution < 1.29 is 33.6 Å². The van der Waals surface area contributed by atoms with Crippen molar-refractivity contribution in [1.29, 1.82) is 0 Å². The van der Waals surface area contributed by atoms with Gasteiger partial charge in [-0.25, -0.2) is 0 Å². The number of rotatable bonds is 8. The summed E-state index contributed by atoms with van der Waals surface area (Å²) < 4.78 is 10.6. The van der Waals surface area contributed by atoms with Gasteiger partial charge in [0.2, 0.25) is 17.6 Å². The standard InChI is InChI=1S/C27H21ClN2O8/c28-19-2-1-3-20(30(35)36)25(19)38-14-6-4-13(5-7-14)21(31)12-37-22(32)11-29-26(33)23-15-8-9-16(18-10-17(15)18)24(23)27(29)34/h1-9,15-18,23-24H,10-12H2/t15-,16-,17-,18-,23-,24+/m0/s1. The minimum absolute atomic E-state index is 0.0567. The zero-order chi connectivity index (χ0) is 26.7. The Morgan fingerprint density at radius 1 is 1.00 bits per heavy atom. The van der Waals surface area contributed by atoms with Crippen LogP contribution >= 0.6 is 11.6 Å². The van der Waals surface area contributed by atoms with Gasteiger partial charge < -0.3 is 9.47 Å². The molecule has 1 saturated heterocycles. The number of ketones is 1. The molecule has 0 spiro atoms. The lowest BCUT2D eigenvalue weighted by molar-refractivity contribution is -0.385. The molecule has 7 rings (SSSR count). The molecule has 4 aliphatic carbocycles. The van der Waals surface area contributed by atoms with E-state index in [1.54, 1.807) is 0 Å². The van der Waals surface area contributed by atoms with Crippen molar-refractivity contribution in [2.45, 2.75) is 6.42 Å². The molecule has 38 heavy (non-hydrogen) atoms. The van der Waals surface area contributed by atoms with Crippen LogP contribution in [0.3, 0.4) is 0 Å².